The molecule has 1 saturated heterocycles. The second-order valence-corrected chi connectivity index (χ2v) is 5.57. The predicted octanol–water partition coefficient (Wildman–Crippen LogP) is 1.74. The molecule has 1 atom stereocenters. The van der Waals surface area contributed by atoms with E-state index in [9.17, 15) is 18.0 Å². The molecule has 1 N–H and O–H groups in total. The van der Waals surface area contributed by atoms with Crippen LogP contribution in [0.25, 0.3) is 0 Å². The molecule has 0 amide bonds. The van der Waals surface area contributed by atoms with Crippen molar-refractivity contribution < 1.29 is 23.1 Å². The Morgan fingerprint density at radius 2 is 2.25 bits per heavy atom. The van der Waals surface area contributed by atoms with Crippen LogP contribution in [0.2, 0.25) is 0 Å². The van der Waals surface area contributed by atoms with Gasteiger partial charge >= 0.3 is 11.5 Å². The standard InChI is InChI=1S/C8H12F3NO2S2/c9-8(10,11)16-4-2-12-1-3-15-5-6(12)7(13)14/h6H,1-5H2,(H,13,14). The highest BCUT2D eigenvalue weighted by atomic mass is 32.2. The smallest absolute Gasteiger partial charge is 0.441 e. The second-order valence-electron chi connectivity index (χ2n) is 3.26. The molecule has 0 radical (unpaired) electrons. The topological polar surface area (TPSA) is 40.5 Å². The van der Waals surface area contributed by atoms with E-state index in [2.05, 4.69) is 0 Å². The van der Waals surface area contributed by atoms with E-state index in [1.807, 2.05) is 0 Å². The molecule has 0 bridgehead atoms. The van der Waals surface area contributed by atoms with Crippen molar-refractivity contribution in [3.05, 3.63) is 0 Å². The summed E-state index contributed by atoms with van der Waals surface area (Å²) in [6.45, 7) is 0.710. The largest absolute Gasteiger partial charge is 0.480 e. The maximum atomic E-state index is 11.9. The lowest BCUT2D eigenvalue weighted by molar-refractivity contribution is -0.142. The minimum absolute atomic E-state index is 0.100. The van der Waals surface area contributed by atoms with Gasteiger partial charge in [-0.05, 0) is 11.8 Å². The molecule has 94 valence electrons. The van der Waals surface area contributed by atoms with Crippen molar-refractivity contribution >= 4 is 29.5 Å². The summed E-state index contributed by atoms with van der Waals surface area (Å²) in [6, 6.07) is -0.646. The number of carboxylic acid groups (broad SMARTS) is 1. The fraction of sp³-hybridized carbons (Fsp3) is 0.875. The van der Waals surface area contributed by atoms with E-state index >= 15 is 0 Å². The number of nitrogens with zero attached hydrogens (tertiary/aromatic N) is 1. The maximum absolute atomic E-state index is 11.9. The normalized spacial score (nSPS) is 23.3. The van der Waals surface area contributed by atoms with Gasteiger partial charge in [-0.2, -0.15) is 24.9 Å². The summed E-state index contributed by atoms with van der Waals surface area (Å²) in [6.07, 6.45) is 0. The van der Waals surface area contributed by atoms with Crippen LogP contribution in [0.5, 0.6) is 0 Å². The lowest BCUT2D eigenvalue weighted by Crippen LogP contribution is -2.48. The fourth-order valence-electron chi connectivity index (χ4n) is 1.41. The molecule has 0 aromatic carbocycles. The Balaban J connectivity index is 2.36. The zero-order chi connectivity index (χ0) is 12.2. The first kappa shape index (κ1) is 14.0. The third-order valence-electron chi connectivity index (χ3n) is 2.17. The zero-order valence-electron chi connectivity index (χ0n) is 8.37. The molecule has 0 saturated carbocycles. The summed E-state index contributed by atoms with van der Waals surface area (Å²) in [5.74, 6) is 0.161. The van der Waals surface area contributed by atoms with E-state index in [4.69, 9.17) is 5.11 Å². The lowest BCUT2D eigenvalue weighted by atomic mass is 10.3. The number of alkyl halides is 3. The van der Waals surface area contributed by atoms with Crippen LogP contribution in [0.4, 0.5) is 13.2 Å². The van der Waals surface area contributed by atoms with Crippen molar-refractivity contribution in [2.24, 2.45) is 0 Å². The Labute approximate surface area is 99.7 Å². The summed E-state index contributed by atoms with van der Waals surface area (Å²) in [4.78, 5) is 12.4. The van der Waals surface area contributed by atoms with Gasteiger partial charge in [-0.3, -0.25) is 9.69 Å². The van der Waals surface area contributed by atoms with Gasteiger partial charge in [0.25, 0.3) is 0 Å². The first-order valence-corrected chi connectivity index (χ1v) is 6.79. The van der Waals surface area contributed by atoms with Crippen LogP contribution in [0.3, 0.4) is 0 Å². The molecule has 1 aliphatic heterocycles. The lowest BCUT2D eigenvalue weighted by Gasteiger charge is -2.32. The number of aliphatic carboxylic acids is 1. The second kappa shape index (κ2) is 6.02. The molecule has 1 heterocycles. The Morgan fingerprint density at radius 3 is 2.81 bits per heavy atom. The zero-order valence-corrected chi connectivity index (χ0v) is 10.00. The third-order valence-corrected chi connectivity index (χ3v) is 3.91. The number of hydrogen-bond acceptors (Lipinski definition) is 4. The van der Waals surface area contributed by atoms with Crippen LogP contribution in [0, 0.1) is 0 Å². The highest BCUT2D eigenvalue weighted by Gasteiger charge is 2.31. The molecule has 1 fully saturated rings. The van der Waals surface area contributed by atoms with Gasteiger partial charge < -0.3 is 5.11 Å². The van der Waals surface area contributed by atoms with E-state index in [1.165, 1.54) is 11.8 Å². The number of halogens is 3. The van der Waals surface area contributed by atoms with Crippen LogP contribution in [-0.2, 0) is 4.79 Å². The van der Waals surface area contributed by atoms with Gasteiger partial charge in [-0.25, -0.2) is 0 Å². The summed E-state index contributed by atoms with van der Waals surface area (Å²) < 4.78 is 35.7. The Morgan fingerprint density at radius 1 is 1.56 bits per heavy atom. The molecular formula is C8H12F3NO2S2. The van der Waals surface area contributed by atoms with E-state index in [0.29, 0.717) is 12.3 Å². The van der Waals surface area contributed by atoms with E-state index in [-0.39, 0.29) is 24.1 Å². The molecule has 3 nitrogen and oxygen atoms in total. The van der Waals surface area contributed by atoms with Crippen molar-refractivity contribution in [2.45, 2.75) is 11.6 Å². The highest BCUT2D eigenvalue weighted by Crippen LogP contribution is 2.30. The molecule has 1 unspecified atom stereocenters. The van der Waals surface area contributed by atoms with Gasteiger partial charge in [0.1, 0.15) is 6.04 Å². The van der Waals surface area contributed by atoms with Crippen molar-refractivity contribution in [3.8, 4) is 0 Å². The fourth-order valence-corrected chi connectivity index (χ4v) is 3.08. The first-order valence-electron chi connectivity index (χ1n) is 4.65. The third kappa shape index (κ3) is 4.84. The molecule has 1 rings (SSSR count). The van der Waals surface area contributed by atoms with Gasteiger partial charge in [0.05, 0.1) is 0 Å². The summed E-state index contributed by atoms with van der Waals surface area (Å²) >= 11 is 1.42. The minimum atomic E-state index is -4.23. The number of rotatable bonds is 4. The number of thioether (sulfide) groups is 2. The van der Waals surface area contributed by atoms with Gasteiger partial charge in [0.2, 0.25) is 0 Å². The van der Waals surface area contributed by atoms with Crippen LogP contribution >= 0.6 is 23.5 Å². The van der Waals surface area contributed by atoms with Gasteiger partial charge in [-0.1, -0.05) is 0 Å². The molecule has 0 spiro atoms. The monoisotopic (exact) mass is 275 g/mol. The minimum Gasteiger partial charge on any atom is -0.480 e. The number of hydrogen-bond donors (Lipinski definition) is 1. The molecule has 8 heteroatoms. The van der Waals surface area contributed by atoms with Crippen molar-refractivity contribution in [1.29, 1.82) is 0 Å². The van der Waals surface area contributed by atoms with E-state index in [0.717, 1.165) is 5.75 Å². The van der Waals surface area contributed by atoms with Crippen molar-refractivity contribution in [3.63, 3.8) is 0 Å². The summed E-state index contributed by atoms with van der Waals surface area (Å²) in [7, 11) is 0. The molecule has 0 aromatic rings. The van der Waals surface area contributed by atoms with Crippen LogP contribution in [0.1, 0.15) is 0 Å². The molecular weight excluding hydrogens is 263 g/mol. The van der Waals surface area contributed by atoms with Gasteiger partial charge in [0, 0.05) is 30.3 Å². The average Bonchev–Trinajstić information content (AvgIpc) is 2.16. The molecule has 0 aromatic heterocycles. The van der Waals surface area contributed by atoms with E-state index < -0.39 is 17.5 Å². The summed E-state index contributed by atoms with van der Waals surface area (Å²) in [5.41, 5.74) is -4.23. The van der Waals surface area contributed by atoms with Crippen LogP contribution in [0.15, 0.2) is 0 Å². The van der Waals surface area contributed by atoms with Crippen LogP contribution in [-0.4, -0.2) is 57.9 Å². The van der Waals surface area contributed by atoms with Crippen molar-refractivity contribution in [1.82, 2.24) is 4.90 Å². The summed E-state index contributed by atoms with van der Waals surface area (Å²) in [5, 5.41) is 8.88. The SMILES string of the molecule is O=C(O)C1CSCCN1CCSC(F)(F)F. The van der Waals surface area contributed by atoms with Crippen LogP contribution < -0.4 is 0 Å². The quantitative estimate of drug-likeness (QED) is 0.846. The Kier molecular flexibility index (Phi) is 5.26. The molecule has 1 aliphatic rings. The number of carbonyl (C=O) groups is 1. The average molecular weight is 275 g/mol. The van der Waals surface area contributed by atoms with Crippen molar-refractivity contribution in [2.75, 3.05) is 30.3 Å². The molecule has 16 heavy (non-hydrogen) atoms. The Bertz CT molecular complexity index is 250. The number of carboxylic acids is 1. The van der Waals surface area contributed by atoms with E-state index in [1.54, 1.807) is 4.90 Å². The van der Waals surface area contributed by atoms with Gasteiger partial charge in [-0.15, -0.1) is 0 Å². The highest BCUT2D eigenvalue weighted by molar-refractivity contribution is 8.00. The maximum Gasteiger partial charge on any atom is 0.441 e. The predicted molar refractivity (Wildman–Crippen MR) is 58.8 cm³/mol. The molecule has 0 aliphatic carbocycles. The van der Waals surface area contributed by atoms with Gasteiger partial charge in [0.15, 0.2) is 0 Å². The first-order chi connectivity index (χ1) is 7.40. The Hall–Kier alpha value is -0.0800.